The van der Waals surface area contributed by atoms with Crippen molar-refractivity contribution in [2.75, 3.05) is 20.1 Å². The molecule has 0 N–H and O–H groups in total. The van der Waals surface area contributed by atoms with Gasteiger partial charge in [0.25, 0.3) is 0 Å². The van der Waals surface area contributed by atoms with Crippen LogP contribution in [-0.4, -0.2) is 56.7 Å². The molecule has 2 aliphatic rings. The number of aryl methyl sites for hydroxylation is 1. The minimum absolute atomic E-state index is 0.194. The number of carbonyl (C=O) groups is 1. The smallest absolute Gasteiger partial charge is 0.227 e. The predicted octanol–water partition coefficient (Wildman–Crippen LogP) is 1.63. The lowest BCUT2D eigenvalue weighted by Gasteiger charge is -2.36. The van der Waals surface area contributed by atoms with Crippen molar-refractivity contribution in [3.8, 4) is 5.69 Å². The van der Waals surface area contributed by atoms with E-state index in [4.69, 9.17) is 0 Å². The molecule has 0 saturated carbocycles. The molecule has 1 amide bonds. The minimum atomic E-state index is 0.194. The topological polar surface area (TPSA) is 54.3 Å². The lowest BCUT2D eigenvalue weighted by Crippen LogP contribution is -2.44. The van der Waals surface area contributed by atoms with Gasteiger partial charge in [0.2, 0.25) is 5.91 Å². The van der Waals surface area contributed by atoms with Gasteiger partial charge >= 0.3 is 0 Å². The number of hydrogen-bond donors (Lipinski definition) is 0. The first-order chi connectivity index (χ1) is 11.6. The molecule has 2 aliphatic heterocycles. The highest BCUT2D eigenvalue weighted by atomic mass is 16.2. The number of likely N-dealkylation sites (tertiary alicyclic amines) is 2. The fourth-order valence-corrected chi connectivity index (χ4v) is 4.15. The molecule has 126 valence electrons. The van der Waals surface area contributed by atoms with Crippen molar-refractivity contribution in [2.45, 2.75) is 32.4 Å². The van der Waals surface area contributed by atoms with Crippen LogP contribution in [0.1, 0.15) is 24.0 Å². The number of benzene rings is 1. The molecule has 2 aromatic rings. The molecule has 0 spiro atoms. The van der Waals surface area contributed by atoms with Crippen molar-refractivity contribution in [1.29, 1.82) is 0 Å². The number of aromatic nitrogens is 3. The molecule has 1 aromatic heterocycles. The van der Waals surface area contributed by atoms with Crippen LogP contribution in [0, 0.1) is 12.8 Å². The Hall–Kier alpha value is -2.21. The summed E-state index contributed by atoms with van der Waals surface area (Å²) in [6.07, 6.45) is 5.41. The van der Waals surface area contributed by atoms with Gasteiger partial charge in [-0.05, 0) is 43.5 Å². The average Bonchev–Trinajstić information content (AvgIpc) is 3.18. The van der Waals surface area contributed by atoms with Gasteiger partial charge < -0.3 is 4.90 Å². The van der Waals surface area contributed by atoms with Crippen molar-refractivity contribution >= 4 is 5.91 Å². The van der Waals surface area contributed by atoms with E-state index in [1.807, 2.05) is 11.9 Å². The fraction of sp³-hybridized carbons (Fsp3) is 0.500. The van der Waals surface area contributed by atoms with Crippen LogP contribution in [0.25, 0.3) is 5.69 Å². The summed E-state index contributed by atoms with van der Waals surface area (Å²) in [7, 11) is 1.93. The summed E-state index contributed by atoms with van der Waals surface area (Å²) < 4.78 is 1.79. The second kappa shape index (κ2) is 6.02. The SMILES string of the molecule is Cc1cc(CN2CCC[C@H]3C(=O)N(C)C[C@H]32)ccc1-n1cncn1. The maximum atomic E-state index is 12.3. The molecular weight excluding hydrogens is 302 g/mol. The summed E-state index contributed by atoms with van der Waals surface area (Å²) >= 11 is 0. The highest BCUT2D eigenvalue weighted by Crippen LogP contribution is 2.32. The van der Waals surface area contributed by atoms with Gasteiger partial charge in [0.15, 0.2) is 0 Å². The van der Waals surface area contributed by atoms with Crippen molar-refractivity contribution in [1.82, 2.24) is 24.6 Å². The van der Waals surface area contributed by atoms with Crippen LogP contribution in [0.3, 0.4) is 0 Å². The molecule has 0 aliphatic carbocycles. The number of fused-ring (bicyclic) bond motifs is 1. The van der Waals surface area contributed by atoms with Gasteiger partial charge in [0.05, 0.1) is 11.6 Å². The maximum Gasteiger partial charge on any atom is 0.227 e. The Morgan fingerprint density at radius 3 is 2.96 bits per heavy atom. The lowest BCUT2D eigenvalue weighted by molar-refractivity contribution is -0.130. The molecule has 2 saturated heterocycles. The average molecular weight is 325 g/mol. The van der Waals surface area contributed by atoms with Gasteiger partial charge in [-0.2, -0.15) is 5.10 Å². The Morgan fingerprint density at radius 2 is 2.21 bits per heavy atom. The highest BCUT2D eigenvalue weighted by Gasteiger charge is 2.43. The largest absolute Gasteiger partial charge is 0.344 e. The summed E-state index contributed by atoms with van der Waals surface area (Å²) in [4.78, 5) is 20.6. The van der Waals surface area contributed by atoms with Crippen LogP contribution in [0.4, 0.5) is 0 Å². The van der Waals surface area contributed by atoms with Gasteiger partial charge in [0.1, 0.15) is 12.7 Å². The monoisotopic (exact) mass is 325 g/mol. The number of rotatable bonds is 3. The van der Waals surface area contributed by atoms with Gasteiger partial charge in [-0.1, -0.05) is 12.1 Å². The fourth-order valence-electron chi connectivity index (χ4n) is 4.15. The summed E-state index contributed by atoms with van der Waals surface area (Å²) in [6.45, 7) is 4.94. The van der Waals surface area contributed by atoms with Gasteiger partial charge in [-0.15, -0.1) is 0 Å². The first-order valence-electron chi connectivity index (χ1n) is 8.57. The Bertz CT molecular complexity index is 742. The zero-order chi connectivity index (χ0) is 16.7. The van der Waals surface area contributed by atoms with E-state index in [0.29, 0.717) is 11.9 Å². The summed E-state index contributed by atoms with van der Waals surface area (Å²) in [5.41, 5.74) is 3.54. The number of carbonyl (C=O) groups excluding carboxylic acids is 1. The zero-order valence-electron chi connectivity index (χ0n) is 14.2. The molecule has 2 atom stereocenters. The third-order valence-corrected chi connectivity index (χ3v) is 5.36. The van der Waals surface area contributed by atoms with Crippen molar-refractivity contribution < 1.29 is 4.79 Å². The summed E-state index contributed by atoms with van der Waals surface area (Å²) in [6, 6.07) is 6.86. The Labute approximate surface area is 142 Å². The van der Waals surface area contributed by atoms with E-state index in [-0.39, 0.29) is 5.92 Å². The van der Waals surface area contributed by atoms with Crippen molar-refractivity contribution in [2.24, 2.45) is 5.92 Å². The number of hydrogen-bond acceptors (Lipinski definition) is 4. The molecular formula is C18H23N5O. The Balaban J connectivity index is 1.53. The van der Waals surface area contributed by atoms with E-state index in [1.165, 1.54) is 11.1 Å². The standard InChI is InChI=1S/C18H23N5O/c1-13-8-14(5-6-16(13)23-12-19-11-20-23)9-22-7-3-4-15-17(22)10-21(2)18(15)24/h5-6,8,11-12,15,17H,3-4,7,9-10H2,1-2H3/t15-,17-/m1/s1. The molecule has 0 unspecified atom stereocenters. The maximum absolute atomic E-state index is 12.3. The van der Waals surface area contributed by atoms with Crippen molar-refractivity contribution in [3.05, 3.63) is 42.0 Å². The normalized spacial score (nSPS) is 24.4. The number of piperidine rings is 1. The van der Waals surface area contributed by atoms with E-state index < -0.39 is 0 Å². The van der Waals surface area contributed by atoms with Crippen molar-refractivity contribution in [3.63, 3.8) is 0 Å². The molecule has 6 nitrogen and oxygen atoms in total. The van der Waals surface area contributed by atoms with Crippen LogP contribution < -0.4 is 0 Å². The number of amides is 1. The van der Waals surface area contributed by atoms with Crippen LogP contribution >= 0.6 is 0 Å². The first kappa shape index (κ1) is 15.3. The molecule has 1 aromatic carbocycles. The molecule has 0 bridgehead atoms. The third-order valence-electron chi connectivity index (χ3n) is 5.36. The second-order valence-electron chi connectivity index (χ2n) is 6.97. The van der Waals surface area contributed by atoms with E-state index in [9.17, 15) is 4.79 Å². The lowest BCUT2D eigenvalue weighted by atomic mass is 9.91. The molecule has 0 radical (unpaired) electrons. The highest BCUT2D eigenvalue weighted by molar-refractivity contribution is 5.82. The van der Waals surface area contributed by atoms with Crippen LogP contribution in [-0.2, 0) is 11.3 Å². The quantitative estimate of drug-likeness (QED) is 0.861. The zero-order valence-corrected chi connectivity index (χ0v) is 14.2. The van der Waals surface area contributed by atoms with Gasteiger partial charge in [-0.25, -0.2) is 9.67 Å². The molecule has 4 rings (SSSR count). The van der Waals surface area contributed by atoms with E-state index >= 15 is 0 Å². The number of likely N-dealkylation sites (N-methyl/N-ethyl adjacent to an activating group) is 1. The van der Waals surface area contributed by atoms with E-state index in [0.717, 1.165) is 38.2 Å². The van der Waals surface area contributed by atoms with Gasteiger partial charge in [-0.3, -0.25) is 9.69 Å². The summed E-state index contributed by atoms with van der Waals surface area (Å²) in [5, 5.41) is 4.20. The van der Waals surface area contributed by atoms with E-state index in [2.05, 4.69) is 40.1 Å². The van der Waals surface area contributed by atoms with Crippen LogP contribution in [0.15, 0.2) is 30.9 Å². The van der Waals surface area contributed by atoms with Crippen LogP contribution in [0.2, 0.25) is 0 Å². The van der Waals surface area contributed by atoms with Gasteiger partial charge in [0, 0.05) is 26.2 Å². The Kier molecular flexibility index (Phi) is 3.84. The predicted molar refractivity (Wildman–Crippen MR) is 90.7 cm³/mol. The molecule has 24 heavy (non-hydrogen) atoms. The number of nitrogens with zero attached hydrogens (tertiary/aromatic N) is 5. The molecule has 3 heterocycles. The first-order valence-corrected chi connectivity index (χ1v) is 8.57. The second-order valence-corrected chi connectivity index (χ2v) is 6.97. The Morgan fingerprint density at radius 1 is 1.33 bits per heavy atom. The minimum Gasteiger partial charge on any atom is -0.344 e. The third kappa shape index (κ3) is 2.60. The van der Waals surface area contributed by atoms with Crippen LogP contribution in [0.5, 0.6) is 0 Å². The van der Waals surface area contributed by atoms with E-state index in [1.54, 1.807) is 17.3 Å². The molecule has 2 fully saturated rings. The molecule has 6 heteroatoms. The summed E-state index contributed by atoms with van der Waals surface area (Å²) in [5.74, 6) is 0.515.